The highest BCUT2D eigenvalue weighted by Gasteiger charge is 2.60. The summed E-state index contributed by atoms with van der Waals surface area (Å²) >= 11 is 0. The van der Waals surface area contributed by atoms with Crippen molar-refractivity contribution in [1.82, 2.24) is 14.5 Å². The van der Waals surface area contributed by atoms with Crippen molar-refractivity contribution in [2.24, 2.45) is 5.92 Å². The van der Waals surface area contributed by atoms with Gasteiger partial charge in [-0.25, -0.2) is 27.9 Å². The van der Waals surface area contributed by atoms with Crippen molar-refractivity contribution in [3.63, 3.8) is 0 Å². The van der Waals surface area contributed by atoms with Gasteiger partial charge in [0, 0.05) is 0 Å². The van der Waals surface area contributed by atoms with E-state index in [9.17, 15) is 33.4 Å². The van der Waals surface area contributed by atoms with E-state index in [-0.39, 0.29) is 0 Å². The first-order chi connectivity index (χ1) is 15.4. The molecule has 34 heavy (non-hydrogen) atoms. The van der Waals surface area contributed by atoms with E-state index in [0.29, 0.717) is 4.57 Å². The standard InChI is InChI=1S/C13H20FN4O13P3/c1-3-4-13(14)8(5-19)9(28-10(13)18-6-16-11(15)17-12(18)20)7(2)29-33(24,25)31-34(26,27)30-32(21,22)23/h6-10,19H,5H2,1-2H3,(H,24,25)(H,26,27)(H2,15,17,20)(H2,21,22,23)/t7-,8?,9+,10?,13-/m0/s1. The highest BCUT2D eigenvalue weighted by Crippen LogP contribution is 2.67. The van der Waals surface area contributed by atoms with Crippen LogP contribution in [-0.2, 0) is 31.6 Å². The Morgan fingerprint density at radius 2 is 1.91 bits per heavy atom. The maximum atomic E-state index is 16.0. The molecule has 0 aromatic carbocycles. The lowest BCUT2D eigenvalue weighted by molar-refractivity contribution is -0.0747. The molecule has 0 saturated carbocycles. The van der Waals surface area contributed by atoms with E-state index in [4.69, 9.17) is 20.3 Å². The molecule has 7 atom stereocenters. The maximum absolute atomic E-state index is 16.0. The van der Waals surface area contributed by atoms with E-state index in [1.807, 2.05) is 0 Å². The molecule has 0 radical (unpaired) electrons. The van der Waals surface area contributed by atoms with E-state index in [1.54, 1.807) is 0 Å². The van der Waals surface area contributed by atoms with Crippen molar-refractivity contribution in [3.8, 4) is 11.8 Å². The molecule has 1 fully saturated rings. The molecule has 17 nitrogen and oxygen atoms in total. The normalized spacial score (nSPS) is 29.5. The van der Waals surface area contributed by atoms with Gasteiger partial charge in [-0.15, -0.1) is 5.92 Å². The van der Waals surface area contributed by atoms with Crippen LogP contribution in [0, 0.1) is 17.8 Å². The molecule has 1 saturated heterocycles. The molecule has 1 aromatic heterocycles. The average molecular weight is 552 g/mol. The molecule has 1 aromatic rings. The van der Waals surface area contributed by atoms with E-state index >= 15 is 4.39 Å². The zero-order valence-corrected chi connectivity index (χ0v) is 19.9. The van der Waals surface area contributed by atoms with E-state index in [0.717, 1.165) is 13.3 Å². The van der Waals surface area contributed by atoms with E-state index < -0.39 is 71.7 Å². The quantitative estimate of drug-likeness (QED) is 0.162. The fraction of sp³-hybridized carbons (Fsp3) is 0.615. The summed E-state index contributed by atoms with van der Waals surface area (Å²) in [7, 11) is -17.1. The fourth-order valence-corrected chi connectivity index (χ4v) is 6.34. The van der Waals surface area contributed by atoms with Gasteiger partial charge in [0.25, 0.3) is 0 Å². The lowest BCUT2D eigenvalue weighted by Gasteiger charge is -2.27. The SMILES string of the molecule is CC#C[C@]1(F)C(CO)[C@@H]([C@H](C)OP(=O)(O)OP(=O)(O)OP(=O)(O)O)OC1n1cnc(N)nc1=O. The number of hydrogen-bond donors (Lipinski definition) is 6. The minimum atomic E-state index is -5.81. The van der Waals surface area contributed by atoms with E-state index in [1.165, 1.54) is 6.92 Å². The van der Waals surface area contributed by atoms with Gasteiger partial charge in [0.05, 0.1) is 24.7 Å². The van der Waals surface area contributed by atoms with Crippen LogP contribution < -0.4 is 11.4 Å². The number of nitrogens with zero attached hydrogens (tertiary/aromatic N) is 3. The number of ether oxygens (including phenoxy) is 1. The third-order valence-electron chi connectivity index (χ3n) is 4.27. The summed E-state index contributed by atoms with van der Waals surface area (Å²) in [5, 5.41) is 9.80. The topological polar surface area (TPSA) is 263 Å². The number of hydrogen-bond acceptors (Lipinski definition) is 12. The van der Waals surface area contributed by atoms with E-state index in [2.05, 4.69) is 35.0 Å². The van der Waals surface area contributed by atoms with Crippen LogP contribution in [0.1, 0.15) is 20.1 Å². The van der Waals surface area contributed by atoms with Crippen LogP contribution in [0.2, 0.25) is 0 Å². The van der Waals surface area contributed by atoms with Gasteiger partial charge in [0.15, 0.2) is 6.23 Å². The second-order valence-corrected chi connectivity index (χ2v) is 11.1. The van der Waals surface area contributed by atoms with Gasteiger partial charge >= 0.3 is 29.2 Å². The largest absolute Gasteiger partial charge is 0.490 e. The molecule has 21 heteroatoms. The number of halogens is 1. The summed E-state index contributed by atoms with van der Waals surface area (Å²) in [4.78, 5) is 55.2. The monoisotopic (exact) mass is 552 g/mol. The van der Waals surface area contributed by atoms with Crippen LogP contribution in [0.25, 0.3) is 0 Å². The second-order valence-electron chi connectivity index (χ2n) is 6.69. The summed E-state index contributed by atoms with van der Waals surface area (Å²) < 4.78 is 68.3. The number of phosphoric acid groups is 3. The second kappa shape index (κ2) is 10.2. The van der Waals surface area contributed by atoms with Gasteiger partial charge in [-0.2, -0.15) is 13.6 Å². The highest BCUT2D eigenvalue weighted by atomic mass is 31.3. The minimum Gasteiger partial charge on any atom is -0.396 e. The van der Waals surface area contributed by atoms with Gasteiger partial charge in [-0.05, 0) is 13.8 Å². The molecule has 4 unspecified atom stereocenters. The molecule has 1 aliphatic heterocycles. The molecular weight excluding hydrogens is 532 g/mol. The Hall–Kier alpha value is -1.57. The van der Waals surface area contributed by atoms with Gasteiger partial charge in [0.1, 0.15) is 6.33 Å². The Morgan fingerprint density at radius 3 is 2.41 bits per heavy atom. The van der Waals surface area contributed by atoms with Crippen molar-refractivity contribution in [2.45, 2.75) is 38.0 Å². The smallest absolute Gasteiger partial charge is 0.396 e. The van der Waals surface area contributed by atoms with Crippen molar-refractivity contribution in [2.75, 3.05) is 12.3 Å². The highest BCUT2D eigenvalue weighted by molar-refractivity contribution is 7.66. The number of aliphatic hydroxyl groups is 1. The Morgan fingerprint density at radius 1 is 1.29 bits per heavy atom. The first kappa shape index (κ1) is 28.7. The Balaban J connectivity index is 2.37. The first-order valence-corrected chi connectivity index (χ1v) is 13.4. The molecule has 7 N–H and O–H groups in total. The summed E-state index contributed by atoms with van der Waals surface area (Å²) in [5.41, 5.74) is 1.40. The molecular formula is C13H20FN4O13P3. The van der Waals surface area contributed by atoms with Gasteiger partial charge in [-0.1, -0.05) is 5.92 Å². The average Bonchev–Trinajstić information content (AvgIpc) is 2.90. The van der Waals surface area contributed by atoms with Gasteiger partial charge < -0.3 is 35.2 Å². The third kappa shape index (κ3) is 6.76. The predicted molar refractivity (Wildman–Crippen MR) is 107 cm³/mol. The molecule has 2 rings (SSSR count). The third-order valence-corrected chi connectivity index (χ3v) is 8.20. The minimum absolute atomic E-state index is 0.429. The fourth-order valence-electron chi connectivity index (χ4n) is 3.14. The van der Waals surface area contributed by atoms with Crippen LogP contribution >= 0.6 is 23.5 Å². The number of aliphatic hydroxyl groups excluding tert-OH is 1. The molecule has 1 aliphatic rings. The van der Waals surface area contributed by atoms with Crippen LogP contribution in [0.3, 0.4) is 0 Å². The molecule has 0 bridgehead atoms. The maximum Gasteiger partial charge on any atom is 0.490 e. The van der Waals surface area contributed by atoms with Gasteiger partial charge in [0.2, 0.25) is 11.6 Å². The summed E-state index contributed by atoms with van der Waals surface area (Å²) in [6.07, 6.45) is -4.46. The van der Waals surface area contributed by atoms with Crippen LogP contribution in [-0.4, -0.2) is 63.7 Å². The van der Waals surface area contributed by atoms with Crippen molar-refractivity contribution >= 4 is 29.4 Å². The van der Waals surface area contributed by atoms with Crippen molar-refractivity contribution < 1.29 is 60.6 Å². The lowest BCUT2D eigenvalue weighted by atomic mass is 9.85. The number of rotatable bonds is 9. The summed E-state index contributed by atoms with van der Waals surface area (Å²) in [6, 6.07) is 0. The first-order valence-electron chi connectivity index (χ1n) is 8.86. The Bertz CT molecular complexity index is 1180. The number of phosphoric ester groups is 1. The van der Waals surface area contributed by atoms with Gasteiger partial charge in [-0.3, -0.25) is 9.09 Å². The van der Waals surface area contributed by atoms with Crippen LogP contribution in [0.4, 0.5) is 10.3 Å². The molecule has 0 amide bonds. The summed E-state index contributed by atoms with van der Waals surface area (Å²) in [5.74, 6) is 2.39. The lowest BCUT2D eigenvalue weighted by Crippen LogP contribution is -2.43. The summed E-state index contributed by atoms with van der Waals surface area (Å²) in [6.45, 7) is 1.27. The number of nitrogens with two attached hydrogens (primary N) is 1. The van der Waals surface area contributed by atoms with Crippen LogP contribution in [0.5, 0.6) is 0 Å². The molecule has 2 heterocycles. The zero-order chi connectivity index (χ0) is 26.1. The number of alkyl halides is 1. The molecule has 0 aliphatic carbocycles. The van der Waals surface area contributed by atoms with Crippen molar-refractivity contribution in [3.05, 3.63) is 16.8 Å². The van der Waals surface area contributed by atoms with Crippen molar-refractivity contribution in [1.29, 1.82) is 0 Å². The Kier molecular flexibility index (Phi) is 8.60. The predicted octanol–water partition coefficient (Wildman–Crippen LogP) is -0.810. The number of nitrogen functional groups attached to an aromatic ring is 1. The zero-order valence-electron chi connectivity index (χ0n) is 17.2. The number of aromatic nitrogens is 3. The Labute approximate surface area is 190 Å². The molecule has 192 valence electrons. The number of anilines is 1. The molecule has 0 spiro atoms. The van der Waals surface area contributed by atoms with Crippen LogP contribution in [0.15, 0.2) is 11.1 Å².